The summed E-state index contributed by atoms with van der Waals surface area (Å²) < 4.78 is 41.4. The molecule has 1 heterocycles. The van der Waals surface area contributed by atoms with Crippen molar-refractivity contribution < 1.29 is 27.4 Å². The number of piperazine rings is 1. The number of nitrogens with zero attached hydrogens (tertiary/aromatic N) is 4. The van der Waals surface area contributed by atoms with E-state index in [0.717, 1.165) is 23.4 Å². The molecule has 1 aliphatic heterocycles. The molecule has 3 rings (SSSR count). The van der Waals surface area contributed by atoms with Gasteiger partial charge in [-0.25, -0.2) is 12.8 Å². The first-order valence-corrected chi connectivity index (χ1v) is 10.7. The predicted molar refractivity (Wildman–Crippen MR) is 111 cm³/mol. The quantitative estimate of drug-likeness (QED) is 0.500. The molecule has 2 aromatic carbocycles. The van der Waals surface area contributed by atoms with Crippen LogP contribution < -0.4 is 10.2 Å². The second-order valence-electron chi connectivity index (χ2n) is 6.90. The second-order valence-corrected chi connectivity index (χ2v) is 8.84. The Labute approximate surface area is 181 Å². The normalized spacial score (nSPS) is 14.8. The Balaban J connectivity index is 1.82. The van der Waals surface area contributed by atoms with E-state index in [1.54, 1.807) is 0 Å². The minimum Gasteiger partial charge on any atom is -0.366 e. The number of hydrogen-bond donors (Lipinski definition) is 1. The largest absolute Gasteiger partial charge is 0.366 e. The highest BCUT2D eigenvalue weighted by Gasteiger charge is 2.31. The molecular weight excluding hydrogens is 449 g/mol. The Morgan fingerprint density at radius 3 is 2.28 bits per heavy atom. The fraction of sp³-hybridized carbons (Fsp3) is 0.278. The first-order valence-electron chi connectivity index (χ1n) is 9.26. The lowest BCUT2D eigenvalue weighted by Crippen LogP contribution is -2.48. The van der Waals surface area contributed by atoms with Crippen LogP contribution in [0.15, 0.2) is 41.3 Å². The fourth-order valence-electron chi connectivity index (χ4n) is 3.31. The number of non-ortho nitro benzene ring substituents is 1. The summed E-state index contributed by atoms with van der Waals surface area (Å²) in [6.45, 7) is 1.18. The first kappa shape index (κ1) is 23.0. The summed E-state index contributed by atoms with van der Waals surface area (Å²) in [6, 6.07) is 6.52. The molecule has 0 saturated carbocycles. The SMILES string of the molecule is CC(=O)Nc1cc(N2CCN(S(=O)(=O)c3cccc([N+](=O)[O-])c3)CC2)c(F)cc1[N+](=O)[O-]. The van der Waals surface area contributed by atoms with Crippen LogP contribution in [0, 0.1) is 26.0 Å². The fourth-order valence-corrected chi connectivity index (χ4v) is 4.77. The molecule has 14 heteroatoms. The smallest absolute Gasteiger partial charge is 0.295 e. The average Bonchev–Trinajstić information content (AvgIpc) is 2.74. The number of hydrogen-bond acceptors (Lipinski definition) is 8. The van der Waals surface area contributed by atoms with Crippen molar-refractivity contribution >= 4 is 38.7 Å². The van der Waals surface area contributed by atoms with E-state index in [1.807, 2.05) is 0 Å². The van der Waals surface area contributed by atoms with Crippen molar-refractivity contribution in [2.45, 2.75) is 11.8 Å². The zero-order valence-electron chi connectivity index (χ0n) is 16.7. The maximum atomic E-state index is 14.6. The van der Waals surface area contributed by atoms with Crippen molar-refractivity contribution in [1.82, 2.24) is 4.31 Å². The number of nitro benzene ring substituents is 2. The molecule has 0 radical (unpaired) electrons. The molecular formula is C18H18FN5O7S. The van der Waals surface area contributed by atoms with Crippen LogP contribution in [-0.4, -0.2) is 54.7 Å². The summed E-state index contributed by atoms with van der Waals surface area (Å²) in [4.78, 5) is 33.2. The van der Waals surface area contributed by atoms with Gasteiger partial charge >= 0.3 is 0 Å². The van der Waals surface area contributed by atoms with Gasteiger partial charge in [-0.15, -0.1) is 0 Å². The van der Waals surface area contributed by atoms with E-state index >= 15 is 0 Å². The number of nitro groups is 2. The van der Waals surface area contributed by atoms with E-state index in [-0.39, 0.29) is 48.1 Å². The van der Waals surface area contributed by atoms with Gasteiger partial charge in [-0.2, -0.15) is 4.31 Å². The molecule has 1 amide bonds. The van der Waals surface area contributed by atoms with Gasteiger partial charge in [0.15, 0.2) is 5.82 Å². The summed E-state index contributed by atoms with van der Waals surface area (Å²) in [7, 11) is -4.01. The molecule has 0 aliphatic carbocycles. The first-order chi connectivity index (χ1) is 15.0. The average molecular weight is 467 g/mol. The topological polar surface area (TPSA) is 156 Å². The number of sulfonamides is 1. The minimum absolute atomic E-state index is 0.0215. The van der Waals surface area contributed by atoms with Crippen molar-refractivity contribution in [3.05, 3.63) is 62.4 Å². The van der Waals surface area contributed by atoms with Crippen LogP contribution >= 0.6 is 0 Å². The van der Waals surface area contributed by atoms with E-state index in [2.05, 4.69) is 5.32 Å². The van der Waals surface area contributed by atoms with Crippen LogP contribution in [0.2, 0.25) is 0 Å². The van der Waals surface area contributed by atoms with Gasteiger partial charge in [0.1, 0.15) is 5.69 Å². The lowest BCUT2D eigenvalue weighted by atomic mass is 10.2. The summed E-state index contributed by atoms with van der Waals surface area (Å²) in [5.41, 5.74) is -1.16. The summed E-state index contributed by atoms with van der Waals surface area (Å²) >= 11 is 0. The molecule has 32 heavy (non-hydrogen) atoms. The molecule has 0 atom stereocenters. The number of amides is 1. The van der Waals surface area contributed by atoms with E-state index in [0.29, 0.717) is 6.07 Å². The lowest BCUT2D eigenvalue weighted by Gasteiger charge is -2.35. The zero-order chi connectivity index (χ0) is 23.6. The highest BCUT2D eigenvalue weighted by molar-refractivity contribution is 7.89. The van der Waals surface area contributed by atoms with E-state index in [1.165, 1.54) is 23.1 Å². The number of rotatable bonds is 6. The second kappa shape index (κ2) is 8.84. The van der Waals surface area contributed by atoms with Crippen LogP contribution in [0.4, 0.5) is 27.1 Å². The van der Waals surface area contributed by atoms with Gasteiger partial charge in [0.2, 0.25) is 15.9 Å². The number of carbonyl (C=O) groups is 1. The molecule has 12 nitrogen and oxygen atoms in total. The third kappa shape index (κ3) is 4.65. The molecule has 1 fully saturated rings. The van der Waals surface area contributed by atoms with Gasteiger partial charge in [0.25, 0.3) is 11.4 Å². The van der Waals surface area contributed by atoms with Crippen molar-refractivity contribution in [3.8, 4) is 0 Å². The zero-order valence-corrected chi connectivity index (χ0v) is 17.5. The van der Waals surface area contributed by atoms with Crippen molar-refractivity contribution in [2.24, 2.45) is 0 Å². The number of benzene rings is 2. The third-order valence-electron chi connectivity index (χ3n) is 4.82. The van der Waals surface area contributed by atoms with Gasteiger partial charge < -0.3 is 10.2 Å². The van der Waals surface area contributed by atoms with Gasteiger partial charge in [-0.1, -0.05) is 6.07 Å². The Kier molecular flexibility index (Phi) is 6.36. The molecule has 0 spiro atoms. The molecule has 1 N–H and O–H groups in total. The minimum atomic E-state index is -4.01. The molecule has 2 aromatic rings. The molecule has 0 unspecified atom stereocenters. The Morgan fingerprint density at radius 1 is 1.06 bits per heavy atom. The van der Waals surface area contributed by atoms with Crippen molar-refractivity contribution in [2.75, 3.05) is 36.4 Å². The molecule has 1 aliphatic rings. The summed E-state index contributed by atoms with van der Waals surface area (Å²) in [6.07, 6.45) is 0. The van der Waals surface area contributed by atoms with Crippen LogP contribution in [0.1, 0.15) is 6.92 Å². The number of anilines is 2. The maximum Gasteiger partial charge on any atom is 0.295 e. The number of halogens is 1. The molecule has 1 saturated heterocycles. The predicted octanol–water partition coefficient (Wildman–Crippen LogP) is 2.11. The van der Waals surface area contributed by atoms with Gasteiger partial charge in [-0.05, 0) is 12.1 Å². The van der Waals surface area contributed by atoms with Crippen molar-refractivity contribution in [3.63, 3.8) is 0 Å². The van der Waals surface area contributed by atoms with Crippen LogP contribution in [0.25, 0.3) is 0 Å². The summed E-state index contributed by atoms with van der Waals surface area (Å²) in [5.74, 6) is -1.46. The highest BCUT2D eigenvalue weighted by Crippen LogP contribution is 2.33. The molecule has 170 valence electrons. The number of nitrogens with one attached hydrogen (secondary N) is 1. The van der Waals surface area contributed by atoms with Crippen LogP contribution in [0.3, 0.4) is 0 Å². The third-order valence-corrected chi connectivity index (χ3v) is 6.71. The van der Waals surface area contributed by atoms with Crippen LogP contribution in [0.5, 0.6) is 0 Å². The Morgan fingerprint density at radius 2 is 1.72 bits per heavy atom. The van der Waals surface area contributed by atoms with E-state index < -0.39 is 37.3 Å². The highest BCUT2D eigenvalue weighted by atomic mass is 32.2. The standard InChI is InChI=1S/C18H18FN5O7S/c1-12(25)20-16-11-17(15(19)10-18(16)24(28)29)21-5-7-22(8-6-21)32(30,31)14-4-2-3-13(9-14)23(26)27/h2-4,9-11H,5-8H2,1H3,(H,20,25). The summed E-state index contributed by atoms with van der Waals surface area (Å²) in [5, 5.41) is 24.4. The van der Waals surface area contributed by atoms with Crippen LogP contribution in [-0.2, 0) is 14.8 Å². The van der Waals surface area contributed by atoms with E-state index in [4.69, 9.17) is 0 Å². The van der Waals surface area contributed by atoms with Gasteiger partial charge in [0.05, 0.1) is 26.5 Å². The monoisotopic (exact) mass is 467 g/mol. The van der Waals surface area contributed by atoms with Gasteiger partial charge in [-0.3, -0.25) is 25.0 Å². The number of carbonyl (C=O) groups excluding carboxylic acids is 1. The van der Waals surface area contributed by atoms with Gasteiger partial charge in [0, 0.05) is 45.2 Å². The molecule has 0 bridgehead atoms. The lowest BCUT2D eigenvalue weighted by molar-refractivity contribution is -0.385. The maximum absolute atomic E-state index is 14.6. The molecule has 0 aromatic heterocycles. The van der Waals surface area contributed by atoms with E-state index in [9.17, 15) is 37.8 Å². The van der Waals surface area contributed by atoms with Crippen molar-refractivity contribution in [1.29, 1.82) is 0 Å². The Hall–Kier alpha value is -3.65. The Bertz CT molecular complexity index is 1200.